The van der Waals surface area contributed by atoms with Gasteiger partial charge in [0.15, 0.2) is 0 Å². The Labute approximate surface area is 228 Å². The summed E-state index contributed by atoms with van der Waals surface area (Å²) in [5.74, 6) is 1.23. The summed E-state index contributed by atoms with van der Waals surface area (Å²) < 4.78 is 6.02. The number of allylic oxidation sites excluding steroid dienone is 2. The summed E-state index contributed by atoms with van der Waals surface area (Å²) in [4.78, 5) is 22.4. The van der Waals surface area contributed by atoms with E-state index >= 15 is 0 Å². The van der Waals surface area contributed by atoms with Crippen molar-refractivity contribution in [3.05, 3.63) is 77.4 Å². The van der Waals surface area contributed by atoms with Crippen LogP contribution >= 0.6 is 0 Å². The van der Waals surface area contributed by atoms with Gasteiger partial charge in [0.05, 0.1) is 6.10 Å². The molecule has 202 valence electrons. The van der Waals surface area contributed by atoms with Gasteiger partial charge < -0.3 is 26.2 Å². The van der Waals surface area contributed by atoms with Crippen molar-refractivity contribution >= 4 is 17.5 Å². The standard InChI is InChI=1S/C30H35N7O2/c1-18(2)39-26-13-22(12-25(15-26)33-29(38)21-8-10-27-28(14-21)36-37-35-27)23-16-31-30(32-17-23)34-24-9-7-19-5-3-4-6-20(19)11-24/h3-6,12-13,15-18,21,24,35-37H,7-11,14H2,1-2H3,(H,33,38)(H,31,32,34)/t21-,24?/m0/s1. The fourth-order valence-corrected chi connectivity index (χ4v) is 5.59. The zero-order valence-electron chi connectivity index (χ0n) is 22.4. The third kappa shape index (κ3) is 5.83. The first kappa shape index (κ1) is 25.2. The van der Waals surface area contributed by atoms with Crippen LogP contribution in [0.25, 0.3) is 11.1 Å². The molecule has 9 nitrogen and oxygen atoms in total. The molecule has 0 spiro atoms. The van der Waals surface area contributed by atoms with Crippen molar-refractivity contribution in [2.45, 2.75) is 64.5 Å². The van der Waals surface area contributed by atoms with Crippen molar-refractivity contribution in [1.29, 1.82) is 0 Å². The van der Waals surface area contributed by atoms with Crippen molar-refractivity contribution < 1.29 is 9.53 Å². The molecular formula is C30H35N7O2. The van der Waals surface area contributed by atoms with Crippen LogP contribution in [-0.4, -0.2) is 28.0 Å². The van der Waals surface area contributed by atoms with Gasteiger partial charge >= 0.3 is 0 Å². The SMILES string of the molecule is CC(C)Oc1cc(NC(=O)[C@H]2CCC3=C(C2)NNN3)cc(-c2cnc(NC3CCc4ccccc4C3)nc2)c1. The summed E-state index contributed by atoms with van der Waals surface area (Å²) in [7, 11) is 0. The number of anilines is 2. The summed E-state index contributed by atoms with van der Waals surface area (Å²) in [5, 5.41) is 6.63. The van der Waals surface area contributed by atoms with E-state index in [0.29, 0.717) is 29.8 Å². The minimum atomic E-state index is -0.100. The molecule has 0 bridgehead atoms. The Morgan fingerprint density at radius 1 is 0.949 bits per heavy atom. The number of carbonyl (C=O) groups excluding carboxylic acids is 1. The Morgan fingerprint density at radius 2 is 1.74 bits per heavy atom. The van der Waals surface area contributed by atoms with E-state index in [4.69, 9.17) is 4.74 Å². The number of fused-ring (bicyclic) bond motifs is 1. The van der Waals surface area contributed by atoms with Crippen LogP contribution < -0.4 is 31.8 Å². The normalized spacial score (nSPS) is 20.0. The maximum Gasteiger partial charge on any atom is 0.227 e. The van der Waals surface area contributed by atoms with Crippen molar-refractivity contribution in [1.82, 2.24) is 26.4 Å². The molecule has 1 amide bonds. The highest BCUT2D eigenvalue weighted by Crippen LogP contribution is 2.32. The van der Waals surface area contributed by atoms with E-state index in [1.165, 1.54) is 11.1 Å². The maximum atomic E-state index is 13.2. The Balaban J connectivity index is 1.16. The first-order valence-corrected chi connectivity index (χ1v) is 13.8. The van der Waals surface area contributed by atoms with Gasteiger partial charge in [-0.1, -0.05) is 24.3 Å². The Bertz CT molecular complexity index is 1390. The Kier molecular flexibility index (Phi) is 7.06. The third-order valence-corrected chi connectivity index (χ3v) is 7.57. The zero-order valence-corrected chi connectivity index (χ0v) is 22.4. The molecule has 6 rings (SSSR count). The van der Waals surface area contributed by atoms with Crippen molar-refractivity contribution in [3.8, 4) is 16.9 Å². The topological polar surface area (TPSA) is 112 Å². The molecule has 1 aliphatic heterocycles. The van der Waals surface area contributed by atoms with E-state index < -0.39 is 0 Å². The number of rotatable bonds is 7. The molecule has 2 atom stereocenters. The molecule has 3 aliphatic rings. The highest BCUT2D eigenvalue weighted by molar-refractivity contribution is 5.94. The molecule has 3 aromatic rings. The molecule has 1 aromatic heterocycles. The van der Waals surface area contributed by atoms with E-state index in [1.807, 2.05) is 44.4 Å². The number of ether oxygens (including phenoxy) is 1. The maximum absolute atomic E-state index is 13.2. The predicted molar refractivity (Wildman–Crippen MR) is 152 cm³/mol. The van der Waals surface area contributed by atoms with Gasteiger partial charge in [0.1, 0.15) is 5.75 Å². The number of hydrazine groups is 2. The highest BCUT2D eigenvalue weighted by atomic mass is 16.5. The van der Waals surface area contributed by atoms with Gasteiger partial charge in [0, 0.05) is 59.5 Å². The molecule has 0 fully saturated rings. The Morgan fingerprint density at radius 3 is 2.56 bits per heavy atom. The monoisotopic (exact) mass is 525 g/mol. The van der Waals surface area contributed by atoms with E-state index in [-0.39, 0.29) is 17.9 Å². The van der Waals surface area contributed by atoms with Gasteiger partial charge in [-0.15, -0.1) is 0 Å². The average molecular weight is 526 g/mol. The lowest BCUT2D eigenvalue weighted by molar-refractivity contribution is -0.120. The summed E-state index contributed by atoms with van der Waals surface area (Å²) in [6.07, 6.45) is 9.05. The number of nitrogens with one attached hydrogen (secondary N) is 5. The first-order chi connectivity index (χ1) is 19.0. The van der Waals surface area contributed by atoms with Crippen molar-refractivity contribution in [3.63, 3.8) is 0 Å². The van der Waals surface area contributed by atoms with Gasteiger partial charge in [-0.3, -0.25) is 4.79 Å². The number of amides is 1. The van der Waals surface area contributed by atoms with E-state index in [0.717, 1.165) is 54.6 Å². The van der Waals surface area contributed by atoms with E-state index in [2.05, 4.69) is 61.3 Å². The van der Waals surface area contributed by atoms with Gasteiger partial charge in [-0.05, 0) is 74.8 Å². The van der Waals surface area contributed by atoms with Crippen LogP contribution in [0.5, 0.6) is 5.75 Å². The minimum Gasteiger partial charge on any atom is -0.491 e. The average Bonchev–Trinajstić information content (AvgIpc) is 3.41. The number of nitrogens with zero attached hydrogens (tertiary/aromatic N) is 2. The van der Waals surface area contributed by atoms with Crippen molar-refractivity contribution in [2.75, 3.05) is 10.6 Å². The second-order valence-electron chi connectivity index (χ2n) is 10.8. The molecule has 0 saturated carbocycles. The lowest BCUT2D eigenvalue weighted by Gasteiger charge is -2.25. The highest BCUT2D eigenvalue weighted by Gasteiger charge is 2.29. The molecule has 2 heterocycles. The van der Waals surface area contributed by atoms with Gasteiger partial charge in [-0.25, -0.2) is 9.97 Å². The predicted octanol–water partition coefficient (Wildman–Crippen LogP) is 4.46. The Hall–Kier alpha value is -4.11. The van der Waals surface area contributed by atoms with Gasteiger partial charge in [0.25, 0.3) is 0 Å². The van der Waals surface area contributed by atoms with Crippen LogP contribution in [-0.2, 0) is 17.6 Å². The third-order valence-electron chi connectivity index (χ3n) is 7.57. The summed E-state index contributed by atoms with van der Waals surface area (Å²) in [5.41, 5.74) is 16.6. The van der Waals surface area contributed by atoms with E-state index in [1.54, 1.807) is 0 Å². The minimum absolute atomic E-state index is 0.00407. The quantitative estimate of drug-likeness (QED) is 0.307. The number of aromatic nitrogens is 2. The molecular weight excluding hydrogens is 490 g/mol. The second kappa shape index (κ2) is 10.9. The lowest BCUT2D eigenvalue weighted by Crippen LogP contribution is -2.32. The van der Waals surface area contributed by atoms with Crippen LogP contribution in [0, 0.1) is 5.92 Å². The number of carbonyl (C=O) groups is 1. The van der Waals surface area contributed by atoms with Crippen LogP contribution in [0.15, 0.2) is 66.3 Å². The molecule has 0 saturated heterocycles. The van der Waals surface area contributed by atoms with Crippen LogP contribution in [0.3, 0.4) is 0 Å². The number of aryl methyl sites for hydroxylation is 1. The smallest absolute Gasteiger partial charge is 0.227 e. The fraction of sp³-hybridized carbons (Fsp3) is 0.367. The first-order valence-electron chi connectivity index (χ1n) is 13.8. The van der Waals surface area contributed by atoms with Crippen LogP contribution in [0.1, 0.15) is 50.7 Å². The van der Waals surface area contributed by atoms with Crippen LogP contribution in [0.2, 0.25) is 0 Å². The molecule has 9 heteroatoms. The lowest BCUT2D eigenvalue weighted by atomic mass is 9.88. The van der Waals surface area contributed by atoms with Crippen molar-refractivity contribution in [2.24, 2.45) is 5.92 Å². The molecule has 0 radical (unpaired) electrons. The summed E-state index contributed by atoms with van der Waals surface area (Å²) >= 11 is 0. The molecule has 1 unspecified atom stereocenters. The molecule has 5 N–H and O–H groups in total. The number of hydrogen-bond acceptors (Lipinski definition) is 8. The number of benzene rings is 2. The number of hydrogen-bond donors (Lipinski definition) is 5. The van der Waals surface area contributed by atoms with Gasteiger partial charge in [-0.2, -0.15) is 5.53 Å². The van der Waals surface area contributed by atoms with Gasteiger partial charge in [0.2, 0.25) is 11.9 Å². The molecule has 2 aromatic carbocycles. The van der Waals surface area contributed by atoms with Crippen LogP contribution in [0.4, 0.5) is 11.6 Å². The fourth-order valence-electron chi connectivity index (χ4n) is 5.59. The molecule has 2 aliphatic carbocycles. The second-order valence-corrected chi connectivity index (χ2v) is 10.8. The summed E-state index contributed by atoms with van der Waals surface area (Å²) in [6.45, 7) is 3.98. The zero-order chi connectivity index (χ0) is 26.8. The molecule has 39 heavy (non-hydrogen) atoms. The largest absolute Gasteiger partial charge is 0.491 e. The van der Waals surface area contributed by atoms with E-state index in [9.17, 15) is 4.79 Å². The summed E-state index contributed by atoms with van der Waals surface area (Å²) in [6, 6.07) is 14.8.